The molecule has 2 N–H and O–H groups in total. The van der Waals surface area contributed by atoms with E-state index in [4.69, 9.17) is 22.1 Å². The van der Waals surface area contributed by atoms with E-state index in [9.17, 15) is 0 Å². The highest BCUT2D eigenvalue weighted by Crippen LogP contribution is 2.35. The van der Waals surface area contributed by atoms with Gasteiger partial charge in [-0.3, -0.25) is 4.98 Å². The first-order chi connectivity index (χ1) is 8.58. The van der Waals surface area contributed by atoms with Crippen LogP contribution >= 0.6 is 27.5 Å². The van der Waals surface area contributed by atoms with Gasteiger partial charge in [0.25, 0.3) is 0 Å². The molecule has 94 valence electrons. The molecule has 0 saturated carbocycles. The number of nitrogens with two attached hydrogens (primary N) is 1. The molecule has 1 heterocycles. The minimum atomic E-state index is 0.372. The van der Waals surface area contributed by atoms with Crippen molar-refractivity contribution < 1.29 is 4.74 Å². The minimum Gasteiger partial charge on any atom is -0.484 e. The van der Waals surface area contributed by atoms with E-state index in [-0.39, 0.29) is 0 Å². The van der Waals surface area contributed by atoms with Crippen LogP contribution in [0.1, 0.15) is 11.3 Å². The Labute approximate surface area is 119 Å². The molecule has 0 aliphatic carbocycles. The Bertz CT molecular complexity index is 552. The lowest BCUT2D eigenvalue weighted by molar-refractivity contribution is 0.300. The van der Waals surface area contributed by atoms with Crippen molar-refractivity contribution in [2.75, 3.05) is 5.73 Å². The predicted octanol–water partition coefficient (Wildman–Crippen LogP) is 3.97. The lowest BCUT2D eigenvalue weighted by Crippen LogP contribution is -2.03. The molecule has 0 aliphatic heterocycles. The lowest BCUT2D eigenvalue weighted by Gasteiger charge is -2.12. The van der Waals surface area contributed by atoms with Crippen molar-refractivity contribution in [2.24, 2.45) is 0 Å². The molecule has 2 rings (SSSR count). The second-order valence-corrected chi connectivity index (χ2v) is 5.15. The van der Waals surface area contributed by atoms with E-state index in [2.05, 4.69) is 20.9 Å². The summed E-state index contributed by atoms with van der Waals surface area (Å²) in [5.41, 5.74) is 8.34. The molecule has 0 radical (unpaired) electrons. The molecule has 0 unspecified atom stereocenters. The third kappa shape index (κ3) is 2.94. The predicted molar refractivity (Wildman–Crippen MR) is 76.9 cm³/mol. The Morgan fingerprint density at radius 1 is 1.44 bits per heavy atom. The SMILES string of the molecule is Cc1cccnc1COc1c(N)cc(Cl)cc1Br. The largest absolute Gasteiger partial charge is 0.484 e. The van der Waals surface area contributed by atoms with Crippen LogP contribution in [0, 0.1) is 6.92 Å². The molecule has 1 aromatic heterocycles. The summed E-state index contributed by atoms with van der Waals surface area (Å²) in [6.45, 7) is 2.36. The van der Waals surface area contributed by atoms with Crippen LogP contribution < -0.4 is 10.5 Å². The minimum absolute atomic E-state index is 0.372. The quantitative estimate of drug-likeness (QED) is 0.868. The number of hydrogen-bond acceptors (Lipinski definition) is 3. The van der Waals surface area contributed by atoms with Gasteiger partial charge in [0.1, 0.15) is 6.61 Å². The average Bonchev–Trinajstić information content (AvgIpc) is 2.30. The zero-order valence-electron chi connectivity index (χ0n) is 9.78. The Kier molecular flexibility index (Phi) is 4.09. The standard InChI is InChI=1S/C13H12BrClN2O/c1-8-3-2-4-17-12(8)7-18-13-10(14)5-9(15)6-11(13)16/h2-6H,7,16H2,1H3. The molecule has 0 bridgehead atoms. The van der Waals surface area contributed by atoms with Crippen LogP contribution in [0.2, 0.25) is 5.02 Å². The van der Waals surface area contributed by atoms with Gasteiger partial charge in [-0.1, -0.05) is 17.7 Å². The highest BCUT2D eigenvalue weighted by Gasteiger charge is 2.09. The Morgan fingerprint density at radius 2 is 2.22 bits per heavy atom. The van der Waals surface area contributed by atoms with Crippen molar-refractivity contribution in [2.45, 2.75) is 13.5 Å². The van der Waals surface area contributed by atoms with Crippen molar-refractivity contribution in [1.29, 1.82) is 0 Å². The van der Waals surface area contributed by atoms with Crippen molar-refractivity contribution in [3.05, 3.63) is 51.2 Å². The number of benzene rings is 1. The molecule has 5 heteroatoms. The zero-order valence-corrected chi connectivity index (χ0v) is 12.1. The molecule has 0 amide bonds. The summed E-state index contributed by atoms with van der Waals surface area (Å²) in [6, 6.07) is 7.29. The molecular formula is C13H12BrClN2O. The maximum absolute atomic E-state index is 5.89. The average molecular weight is 328 g/mol. The molecule has 3 nitrogen and oxygen atoms in total. The molecule has 0 atom stereocenters. The molecule has 0 saturated heterocycles. The van der Waals surface area contributed by atoms with Crippen LogP contribution in [0.15, 0.2) is 34.9 Å². The van der Waals surface area contributed by atoms with Crippen LogP contribution in [-0.2, 0) is 6.61 Å². The van der Waals surface area contributed by atoms with E-state index < -0.39 is 0 Å². The van der Waals surface area contributed by atoms with Gasteiger partial charge < -0.3 is 10.5 Å². The summed E-state index contributed by atoms with van der Waals surface area (Å²) in [5, 5.41) is 0.570. The number of nitrogens with zero attached hydrogens (tertiary/aromatic N) is 1. The monoisotopic (exact) mass is 326 g/mol. The lowest BCUT2D eigenvalue weighted by atomic mass is 10.2. The van der Waals surface area contributed by atoms with Crippen LogP contribution in [0.25, 0.3) is 0 Å². The Balaban J connectivity index is 2.19. The number of halogens is 2. The van der Waals surface area contributed by atoms with E-state index in [0.29, 0.717) is 23.1 Å². The van der Waals surface area contributed by atoms with Crippen LogP contribution in [0.4, 0.5) is 5.69 Å². The van der Waals surface area contributed by atoms with Crippen LogP contribution in [0.5, 0.6) is 5.75 Å². The Morgan fingerprint density at radius 3 is 2.89 bits per heavy atom. The summed E-state index contributed by atoms with van der Waals surface area (Å²) >= 11 is 9.27. The highest BCUT2D eigenvalue weighted by molar-refractivity contribution is 9.10. The smallest absolute Gasteiger partial charge is 0.157 e. The van der Waals surface area contributed by atoms with Gasteiger partial charge >= 0.3 is 0 Å². The van der Waals surface area contributed by atoms with Crippen molar-refractivity contribution in [3.63, 3.8) is 0 Å². The number of aromatic nitrogens is 1. The van der Waals surface area contributed by atoms with Gasteiger partial charge in [0, 0.05) is 11.2 Å². The molecule has 0 fully saturated rings. The summed E-state index contributed by atoms with van der Waals surface area (Å²) in [7, 11) is 0. The number of aryl methyl sites for hydroxylation is 1. The van der Waals surface area contributed by atoms with E-state index in [1.807, 2.05) is 19.1 Å². The van der Waals surface area contributed by atoms with Gasteiger partial charge in [-0.2, -0.15) is 0 Å². The number of nitrogen functional groups attached to an aromatic ring is 1. The summed E-state index contributed by atoms with van der Waals surface area (Å²) < 4.78 is 6.43. The van der Waals surface area contributed by atoms with Gasteiger partial charge in [-0.05, 0) is 46.6 Å². The Hall–Kier alpha value is -1.26. The first-order valence-electron chi connectivity index (χ1n) is 5.35. The first kappa shape index (κ1) is 13.2. The maximum Gasteiger partial charge on any atom is 0.157 e. The molecule has 1 aromatic carbocycles. The van der Waals surface area contributed by atoms with Gasteiger partial charge in [0.2, 0.25) is 0 Å². The number of ether oxygens (including phenoxy) is 1. The third-order valence-corrected chi connectivity index (χ3v) is 3.32. The summed E-state index contributed by atoms with van der Waals surface area (Å²) in [6.07, 6.45) is 1.74. The van der Waals surface area contributed by atoms with Crippen molar-refractivity contribution in [3.8, 4) is 5.75 Å². The summed E-state index contributed by atoms with van der Waals surface area (Å²) in [5.74, 6) is 0.587. The maximum atomic E-state index is 5.89. The second kappa shape index (κ2) is 5.59. The fraction of sp³-hybridized carbons (Fsp3) is 0.154. The van der Waals surface area contributed by atoms with Crippen LogP contribution in [0.3, 0.4) is 0 Å². The number of hydrogen-bond donors (Lipinski definition) is 1. The molecule has 0 spiro atoms. The van der Waals surface area contributed by atoms with Gasteiger partial charge in [-0.15, -0.1) is 0 Å². The topological polar surface area (TPSA) is 48.1 Å². The van der Waals surface area contributed by atoms with Crippen molar-refractivity contribution >= 4 is 33.2 Å². The van der Waals surface area contributed by atoms with Gasteiger partial charge in [0.15, 0.2) is 5.75 Å². The van der Waals surface area contributed by atoms with Crippen molar-refractivity contribution in [1.82, 2.24) is 4.98 Å². The van der Waals surface area contributed by atoms with Crippen LogP contribution in [-0.4, -0.2) is 4.98 Å². The second-order valence-electron chi connectivity index (χ2n) is 3.86. The van der Waals surface area contributed by atoms with E-state index in [0.717, 1.165) is 15.7 Å². The molecule has 0 aliphatic rings. The van der Waals surface area contributed by atoms with E-state index >= 15 is 0 Å². The summed E-state index contributed by atoms with van der Waals surface area (Å²) in [4.78, 5) is 4.26. The number of anilines is 1. The first-order valence-corrected chi connectivity index (χ1v) is 6.53. The van der Waals surface area contributed by atoms with E-state index in [1.165, 1.54) is 0 Å². The normalized spacial score (nSPS) is 10.4. The molecule has 2 aromatic rings. The molecule has 18 heavy (non-hydrogen) atoms. The number of pyridine rings is 1. The number of rotatable bonds is 3. The fourth-order valence-corrected chi connectivity index (χ4v) is 2.49. The van der Waals surface area contributed by atoms with Gasteiger partial charge in [0.05, 0.1) is 15.9 Å². The third-order valence-electron chi connectivity index (χ3n) is 2.51. The van der Waals surface area contributed by atoms with E-state index in [1.54, 1.807) is 18.3 Å². The highest BCUT2D eigenvalue weighted by atomic mass is 79.9. The molecular weight excluding hydrogens is 316 g/mol. The van der Waals surface area contributed by atoms with Gasteiger partial charge in [-0.25, -0.2) is 0 Å². The zero-order chi connectivity index (χ0) is 13.1. The fourth-order valence-electron chi connectivity index (χ4n) is 1.54.